The summed E-state index contributed by atoms with van der Waals surface area (Å²) in [4.78, 5) is 13.6. The lowest BCUT2D eigenvalue weighted by molar-refractivity contribution is 0.0943. The maximum Gasteiger partial charge on any atom is 0.262 e. The van der Waals surface area contributed by atoms with Crippen LogP contribution in [0.1, 0.15) is 67.4 Å². The van der Waals surface area contributed by atoms with Gasteiger partial charge in [0.1, 0.15) is 0 Å². The number of hydrogen-bond donors (Lipinski definition) is 1. The maximum absolute atomic E-state index is 12.6. The lowest BCUT2D eigenvalue weighted by Gasteiger charge is -2.19. The number of carbonyl (C=O) groups excluding carboxylic acids is 1. The molecule has 7 heteroatoms. The summed E-state index contributed by atoms with van der Waals surface area (Å²) in [6.45, 7) is 10.5. The van der Waals surface area contributed by atoms with Gasteiger partial charge in [0.05, 0.1) is 15.8 Å². The number of benzene rings is 1. The van der Waals surface area contributed by atoms with E-state index in [9.17, 15) is 13.2 Å². The van der Waals surface area contributed by atoms with E-state index in [0.29, 0.717) is 13.1 Å². The molecule has 148 valence electrons. The normalized spacial score (nSPS) is 13.1. The molecule has 0 radical (unpaired) electrons. The van der Waals surface area contributed by atoms with E-state index < -0.39 is 10.0 Å². The lowest BCUT2D eigenvalue weighted by Crippen LogP contribution is -2.30. The molecule has 0 aliphatic rings. The van der Waals surface area contributed by atoms with Gasteiger partial charge in [0.15, 0.2) is 0 Å². The highest BCUT2D eigenvalue weighted by Crippen LogP contribution is 2.26. The van der Waals surface area contributed by atoms with Crippen molar-refractivity contribution in [3.8, 4) is 0 Å². The van der Waals surface area contributed by atoms with Crippen molar-refractivity contribution in [2.24, 2.45) is 0 Å². The molecule has 0 saturated carbocycles. The molecule has 0 fully saturated rings. The van der Waals surface area contributed by atoms with E-state index in [1.165, 1.54) is 15.6 Å². The van der Waals surface area contributed by atoms with Gasteiger partial charge in [-0.3, -0.25) is 4.79 Å². The van der Waals surface area contributed by atoms with Crippen molar-refractivity contribution < 1.29 is 13.2 Å². The molecule has 1 unspecified atom stereocenters. The second-order valence-corrected chi connectivity index (χ2v) is 9.57. The van der Waals surface area contributed by atoms with E-state index in [2.05, 4.69) is 19.2 Å². The van der Waals surface area contributed by atoms with Gasteiger partial charge in [-0.05, 0) is 47.5 Å². The molecule has 2 rings (SSSR count). The van der Waals surface area contributed by atoms with E-state index in [1.54, 1.807) is 24.3 Å². The van der Waals surface area contributed by atoms with Crippen molar-refractivity contribution in [1.82, 2.24) is 9.62 Å². The predicted octanol–water partition coefficient (Wildman–Crippen LogP) is 4.39. The first-order valence-electron chi connectivity index (χ1n) is 9.20. The summed E-state index contributed by atoms with van der Waals surface area (Å²) in [6.07, 6.45) is 0. The quantitative estimate of drug-likeness (QED) is 0.704. The van der Waals surface area contributed by atoms with Crippen LogP contribution in [0.25, 0.3) is 0 Å². The van der Waals surface area contributed by atoms with Crippen LogP contribution in [0, 0.1) is 0 Å². The Balaban J connectivity index is 2.15. The van der Waals surface area contributed by atoms with Crippen molar-refractivity contribution in [3.63, 3.8) is 0 Å². The molecule has 1 heterocycles. The van der Waals surface area contributed by atoms with Crippen LogP contribution in [-0.2, 0) is 10.0 Å². The third kappa shape index (κ3) is 4.78. The number of nitrogens with zero attached hydrogens (tertiary/aromatic N) is 1. The van der Waals surface area contributed by atoms with Gasteiger partial charge in [-0.25, -0.2) is 8.42 Å². The van der Waals surface area contributed by atoms with Crippen molar-refractivity contribution in [3.05, 3.63) is 51.7 Å². The van der Waals surface area contributed by atoms with Gasteiger partial charge < -0.3 is 5.32 Å². The molecular weight excluding hydrogens is 380 g/mol. The fraction of sp³-hybridized carbons (Fsp3) is 0.450. The monoisotopic (exact) mass is 408 g/mol. The van der Waals surface area contributed by atoms with Gasteiger partial charge in [-0.1, -0.05) is 39.8 Å². The Kier molecular flexibility index (Phi) is 7.19. The lowest BCUT2D eigenvalue weighted by atomic mass is 10.0. The van der Waals surface area contributed by atoms with Crippen LogP contribution in [0.15, 0.2) is 40.6 Å². The molecule has 1 N–H and O–H groups in total. The van der Waals surface area contributed by atoms with E-state index in [-0.39, 0.29) is 22.8 Å². The number of hydrogen-bond acceptors (Lipinski definition) is 4. The SMILES string of the molecule is CCN(CC)S(=O)(=O)c1ccc(C(C)NC(=O)c2sccc2C(C)C)cc1. The molecule has 5 nitrogen and oxygen atoms in total. The van der Waals surface area contributed by atoms with Crippen LogP contribution < -0.4 is 5.32 Å². The topological polar surface area (TPSA) is 66.5 Å². The van der Waals surface area contributed by atoms with Crippen LogP contribution >= 0.6 is 11.3 Å². The first-order chi connectivity index (χ1) is 12.7. The number of amides is 1. The van der Waals surface area contributed by atoms with Crippen LogP contribution in [0.5, 0.6) is 0 Å². The Labute approximate surface area is 166 Å². The second kappa shape index (κ2) is 8.99. The van der Waals surface area contributed by atoms with Crippen LogP contribution in [0.4, 0.5) is 0 Å². The standard InChI is InChI=1S/C20H28N2O3S2/c1-6-22(7-2)27(24,25)17-10-8-16(9-11-17)15(5)21-20(23)19-18(14(3)4)12-13-26-19/h8-15H,6-7H2,1-5H3,(H,21,23). The highest BCUT2D eigenvalue weighted by atomic mass is 32.2. The van der Waals surface area contributed by atoms with E-state index in [0.717, 1.165) is 16.0 Å². The van der Waals surface area contributed by atoms with Crippen molar-refractivity contribution in [2.45, 2.75) is 51.5 Å². The predicted molar refractivity (Wildman–Crippen MR) is 111 cm³/mol. The third-order valence-electron chi connectivity index (χ3n) is 4.59. The second-order valence-electron chi connectivity index (χ2n) is 6.71. The van der Waals surface area contributed by atoms with Crippen LogP contribution in [0.2, 0.25) is 0 Å². The zero-order valence-electron chi connectivity index (χ0n) is 16.5. The Morgan fingerprint density at radius 1 is 1.07 bits per heavy atom. The highest BCUT2D eigenvalue weighted by Gasteiger charge is 2.22. The molecular formula is C20H28N2O3S2. The molecule has 0 spiro atoms. The van der Waals surface area contributed by atoms with Crippen molar-refractivity contribution in [1.29, 1.82) is 0 Å². The molecule has 0 bridgehead atoms. The van der Waals surface area contributed by atoms with Crippen molar-refractivity contribution in [2.75, 3.05) is 13.1 Å². The fourth-order valence-electron chi connectivity index (χ4n) is 2.94. The molecule has 0 aliphatic carbocycles. The Morgan fingerprint density at radius 2 is 1.67 bits per heavy atom. The number of sulfonamides is 1. The molecule has 0 saturated heterocycles. The average molecular weight is 409 g/mol. The Hall–Kier alpha value is -1.70. The van der Waals surface area contributed by atoms with Gasteiger partial charge in [0.25, 0.3) is 5.91 Å². The molecule has 27 heavy (non-hydrogen) atoms. The largest absolute Gasteiger partial charge is 0.345 e. The summed E-state index contributed by atoms with van der Waals surface area (Å²) in [5.74, 6) is 0.193. The van der Waals surface area contributed by atoms with Gasteiger partial charge in [0, 0.05) is 13.1 Å². The number of rotatable bonds is 8. The highest BCUT2D eigenvalue weighted by molar-refractivity contribution is 7.89. The van der Waals surface area contributed by atoms with Gasteiger partial charge in [-0.2, -0.15) is 4.31 Å². The number of carbonyl (C=O) groups is 1. The molecule has 1 amide bonds. The summed E-state index contributed by atoms with van der Waals surface area (Å²) in [5.41, 5.74) is 1.91. The van der Waals surface area contributed by atoms with Crippen LogP contribution in [-0.4, -0.2) is 31.7 Å². The molecule has 1 atom stereocenters. The minimum atomic E-state index is -3.47. The van der Waals surface area contributed by atoms with Gasteiger partial charge in [0.2, 0.25) is 10.0 Å². The summed E-state index contributed by atoms with van der Waals surface area (Å²) in [7, 11) is -3.47. The molecule has 1 aromatic carbocycles. The van der Waals surface area contributed by atoms with Crippen molar-refractivity contribution >= 4 is 27.3 Å². The summed E-state index contributed by atoms with van der Waals surface area (Å²) < 4.78 is 26.6. The summed E-state index contributed by atoms with van der Waals surface area (Å²) in [6, 6.07) is 8.51. The number of thiophene rings is 1. The first kappa shape index (κ1) is 21.6. The Morgan fingerprint density at radius 3 is 2.19 bits per heavy atom. The van der Waals surface area contributed by atoms with E-state index >= 15 is 0 Å². The average Bonchev–Trinajstić information content (AvgIpc) is 3.13. The van der Waals surface area contributed by atoms with E-state index in [1.807, 2.05) is 32.2 Å². The smallest absolute Gasteiger partial charge is 0.262 e. The van der Waals surface area contributed by atoms with Gasteiger partial charge in [-0.15, -0.1) is 11.3 Å². The maximum atomic E-state index is 12.6. The minimum absolute atomic E-state index is 0.0963. The summed E-state index contributed by atoms with van der Waals surface area (Å²) in [5, 5.41) is 4.94. The molecule has 2 aromatic rings. The van der Waals surface area contributed by atoms with E-state index in [4.69, 9.17) is 0 Å². The molecule has 1 aromatic heterocycles. The zero-order valence-corrected chi connectivity index (χ0v) is 18.2. The number of nitrogens with one attached hydrogen (secondary N) is 1. The fourth-order valence-corrected chi connectivity index (χ4v) is 5.36. The van der Waals surface area contributed by atoms with Crippen LogP contribution in [0.3, 0.4) is 0 Å². The third-order valence-corrected chi connectivity index (χ3v) is 7.59. The first-order valence-corrected chi connectivity index (χ1v) is 11.5. The minimum Gasteiger partial charge on any atom is -0.345 e. The Bertz CT molecular complexity index is 867. The zero-order chi connectivity index (χ0) is 20.2. The summed E-state index contributed by atoms with van der Waals surface area (Å²) >= 11 is 1.44. The van der Waals surface area contributed by atoms with Gasteiger partial charge >= 0.3 is 0 Å². The molecule has 0 aliphatic heterocycles.